The molecular weight excluding hydrogens is 386 g/mol. The first kappa shape index (κ1) is 19.7. The molecule has 2 atom stereocenters. The van der Waals surface area contributed by atoms with Gasteiger partial charge in [-0.2, -0.15) is 5.26 Å². The molecule has 3 N–H and O–H groups in total. The number of thioether (sulfide) groups is 1. The Morgan fingerprint density at radius 2 is 2.21 bits per heavy atom. The number of nitrogens with one attached hydrogen (secondary N) is 1. The summed E-state index contributed by atoms with van der Waals surface area (Å²) in [5, 5.41) is 10.6. The van der Waals surface area contributed by atoms with Gasteiger partial charge in [-0.15, -0.1) is 0 Å². The van der Waals surface area contributed by atoms with Crippen LogP contribution in [0.15, 0.2) is 41.7 Å². The number of rotatable bonds is 4. The number of nitrogens with zero attached hydrogens (tertiary/aromatic N) is 4. The number of pyridine rings is 2. The number of hydrogen-bond donors (Lipinski definition) is 2. The number of halogens is 2. The second kappa shape index (κ2) is 7.90. The van der Waals surface area contributed by atoms with Crippen LogP contribution in [0, 0.1) is 11.3 Å². The van der Waals surface area contributed by atoms with Crippen molar-refractivity contribution in [3.05, 3.63) is 53.6 Å². The second-order valence-corrected chi connectivity index (χ2v) is 7.61. The topological polar surface area (TPSA) is 117 Å². The minimum Gasteiger partial charge on any atom is -0.379 e. The maximum Gasteiger partial charge on any atom is 0.274 e. The van der Waals surface area contributed by atoms with Crippen LogP contribution in [-0.4, -0.2) is 32.7 Å². The molecule has 1 aliphatic rings. The number of amidine groups is 1. The van der Waals surface area contributed by atoms with Gasteiger partial charge in [0.15, 0.2) is 5.17 Å². The van der Waals surface area contributed by atoms with Crippen LogP contribution in [-0.2, 0) is 5.54 Å². The summed E-state index contributed by atoms with van der Waals surface area (Å²) in [6.45, 7) is 1.69. The number of carbonyl (C=O) groups excluding carboxylic acids is 1. The van der Waals surface area contributed by atoms with Crippen molar-refractivity contribution >= 4 is 28.5 Å². The molecule has 10 heteroatoms. The van der Waals surface area contributed by atoms with Crippen LogP contribution in [0.1, 0.15) is 35.1 Å². The van der Waals surface area contributed by atoms with Crippen molar-refractivity contribution in [2.24, 2.45) is 10.7 Å². The molecule has 0 aliphatic carbocycles. The summed E-state index contributed by atoms with van der Waals surface area (Å²) in [5.74, 6) is -0.473. The van der Waals surface area contributed by atoms with Crippen molar-refractivity contribution in [3.8, 4) is 6.07 Å². The molecule has 28 heavy (non-hydrogen) atoms. The number of carbonyl (C=O) groups is 1. The predicted molar refractivity (Wildman–Crippen MR) is 102 cm³/mol. The van der Waals surface area contributed by atoms with Crippen molar-refractivity contribution in [2.75, 3.05) is 5.32 Å². The fraction of sp³-hybridized carbons (Fsp3) is 0.278. The summed E-state index contributed by atoms with van der Waals surface area (Å²) < 4.78 is 26.4. The van der Waals surface area contributed by atoms with E-state index >= 15 is 0 Å². The minimum absolute atomic E-state index is 0.0671. The lowest BCUT2D eigenvalue weighted by molar-refractivity contribution is 0.102. The van der Waals surface area contributed by atoms with Crippen LogP contribution in [0.4, 0.5) is 14.5 Å². The summed E-state index contributed by atoms with van der Waals surface area (Å²) in [7, 11) is 0. The van der Waals surface area contributed by atoms with Gasteiger partial charge in [0.25, 0.3) is 12.3 Å². The Kier molecular flexibility index (Phi) is 5.56. The van der Waals surface area contributed by atoms with E-state index in [4.69, 9.17) is 11.0 Å². The number of hydrogen-bond acceptors (Lipinski definition) is 7. The van der Waals surface area contributed by atoms with Crippen LogP contribution < -0.4 is 11.1 Å². The highest BCUT2D eigenvalue weighted by atomic mass is 32.2. The average molecular weight is 402 g/mol. The Bertz CT molecular complexity index is 959. The monoisotopic (exact) mass is 402 g/mol. The number of alkyl halides is 2. The van der Waals surface area contributed by atoms with E-state index in [1.165, 1.54) is 24.5 Å². The molecule has 0 aromatic carbocycles. The van der Waals surface area contributed by atoms with E-state index in [0.717, 1.165) is 11.8 Å². The molecule has 3 heterocycles. The molecule has 1 amide bonds. The lowest BCUT2D eigenvalue weighted by Crippen LogP contribution is -2.37. The van der Waals surface area contributed by atoms with E-state index < -0.39 is 23.1 Å². The smallest absolute Gasteiger partial charge is 0.274 e. The minimum atomic E-state index is -2.54. The maximum absolute atomic E-state index is 13.2. The van der Waals surface area contributed by atoms with Gasteiger partial charge in [0, 0.05) is 18.1 Å². The summed E-state index contributed by atoms with van der Waals surface area (Å²) in [6, 6.07) is 8.01. The molecule has 0 radical (unpaired) electrons. The zero-order valence-corrected chi connectivity index (χ0v) is 15.6. The second-order valence-electron chi connectivity index (χ2n) is 6.35. The Hall–Kier alpha value is -3.06. The largest absolute Gasteiger partial charge is 0.379 e. The van der Waals surface area contributed by atoms with Crippen LogP contribution in [0.3, 0.4) is 0 Å². The fourth-order valence-corrected chi connectivity index (χ4v) is 3.87. The van der Waals surface area contributed by atoms with E-state index in [1.807, 2.05) is 6.07 Å². The van der Waals surface area contributed by atoms with Crippen LogP contribution in [0.25, 0.3) is 0 Å². The van der Waals surface area contributed by atoms with Crippen molar-refractivity contribution < 1.29 is 13.6 Å². The number of aliphatic imine (C=N–C) groups is 1. The molecule has 7 nitrogen and oxygen atoms in total. The van der Waals surface area contributed by atoms with E-state index in [2.05, 4.69) is 20.3 Å². The number of anilines is 1. The molecular formula is C18H16F2N6OS. The fourth-order valence-electron chi connectivity index (χ4n) is 2.80. The molecule has 0 spiro atoms. The molecule has 0 bridgehead atoms. The highest BCUT2D eigenvalue weighted by Gasteiger charge is 2.39. The SMILES string of the molecule is C[C@@]1(c2cc(NC(=O)c3ccc(C#N)cn3)ccn2)C[C@@H](C(F)F)SC(N)=N1. The third-order valence-electron chi connectivity index (χ3n) is 4.20. The molecule has 2 aromatic rings. The summed E-state index contributed by atoms with van der Waals surface area (Å²) in [6.07, 6.45) is 0.296. The zero-order valence-electron chi connectivity index (χ0n) is 14.8. The molecule has 0 saturated heterocycles. The van der Waals surface area contributed by atoms with Gasteiger partial charge in [0.05, 0.1) is 16.5 Å². The molecule has 3 rings (SSSR count). The third-order valence-corrected chi connectivity index (χ3v) is 5.21. The van der Waals surface area contributed by atoms with Crippen molar-refractivity contribution in [2.45, 2.75) is 30.6 Å². The maximum atomic E-state index is 13.2. The van der Waals surface area contributed by atoms with E-state index in [9.17, 15) is 13.6 Å². The molecule has 0 fully saturated rings. The first-order valence-electron chi connectivity index (χ1n) is 8.25. The molecule has 144 valence electrons. The normalized spacial score (nSPS) is 21.7. The number of amides is 1. The Labute approximate surface area is 164 Å². The van der Waals surface area contributed by atoms with Crippen molar-refractivity contribution in [1.29, 1.82) is 5.26 Å². The van der Waals surface area contributed by atoms with Crippen LogP contribution in [0.2, 0.25) is 0 Å². The van der Waals surface area contributed by atoms with Gasteiger partial charge >= 0.3 is 0 Å². The number of aromatic nitrogens is 2. The average Bonchev–Trinajstić information content (AvgIpc) is 2.67. The summed E-state index contributed by atoms with van der Waals surface area (Å²) in [4.78, 5) is 24.9. The molecule has 0 saturated carbocycles. The molecule has 1 aliphatic heterocycles. The van der Waals surface area contributed by atoms with Crippen molar-refractivity contribution in [3.63, 3.8) is 0 Å². The lowest BCUT2D eigenvalue weighted by Gasteiger charge is -2.33. The van der Waals surface area contributed by atoms with Gasteiger partial charge in [-0.05, 0) is 37.6 Å². The highest BCUT2D eigenvalue weighted by Crippen LogP contribution is 2.40. The van der Waals surface area contributed by atoms with Gasteiger partial charge in [-0.25, -0.2) is 18.8 Å². The number of nitriles is 1. The van der Waals surface area contributed by atoms with E-state index in [0.29, 0.717) is 16.9 Å². The lowest BCUT2D eigenvalue weighted by atomic mass is 9.91. The molecule has 0 unspecified atom stereocenters. The number of nitrogens with two attached hydrogens (primary N) is 1. The molecule has 2 aromatic heterocycles. The Morgan fingerprint density at radius 1 is 1.43 bits per heavy atom. The van der Waals surface area contributed by atoms with Gasteiger partial charge in [-0.3, -0.25) is 9.78 Å². The predicted octanol–water partition coefficient (Wildman–Crippen LogP) is 2.90. The summed E-state index contributed by atoms with van der Waals surface area (Å²) in [5.41, 5.74) is 6.04. The standard InChI is InChI=1S/C18H16F2N6OS/c1-18(7-13(15(19)20)28-17(22)26-18)14-6-11(4-5-23-14)25-16(27)12-3-2-10(8-21)9-24-12/h2-6,9,13,15H,7H2,1H3,(H2,22,26)(H,23,25,27)/t13-,18-/m0/s1. The van der Waals surface area contributed by atoms with Gasteiger partial charge in [0.2, 0.25) is 0 Å². The van der Waals surface area contributed by atoms with Gasteiger partial charge < -0.3 is 11.1 Å². The van der Waals surface area contributed by atoms with Crippen LogP contribution in [0.5, 0.6) is 0 Å². The van der Waals surface area contributed by atoms with E-state index in [1.54, 1.807) is 19.1 Å². The first-order valence-corrected chi connectivity index (χ1v) is 9.13. The highest BCUT2D eigenvalue weighted by molar-refractivity contribution is 8.14. The first-order chi connectivity index (χ1) is 13.3. The van der Waals surface area contributed by atoms with E-state index in [-0.39, 0.29) is 17.3 Å². The third kappa shape index (κ3) is 4.26. The van der Waals surface area contributed by atoms with Crippen molar-refractivity contribution in [1.82, 2.24) is 9.97 Å². The quantitative estimate of drug-likeness (QED) is 0.812. The van der Waals surface area contributed by atoms with Crippen LogP contribution >= 0.6 is 11.8 Å². The van der Waals surface area contributed by atoms with Gasteiger partial charge in [0.1, 0.15) is 17.3 Å². The summed E-state index contributed by atoms with van der Waals surface area (Å²) >= 11 is 0.856. The Balaban J connectivity index is 1.82. The zero-order chi connectivity index (χ0) is 20.3. The Morgan fingerprint density at radius 3 is 2.86 bits per heavy atom. The van der Waals surface area contributed by atoms with Gasteiger partial charge in [-0.1, -0.05) is 11.8 Å².